The van der Waals surface area contributed by atoms with Crippen molar-refractivity contribution in [1.29, 1.82) is 0 Å². The maximum Gasteiger partial charge on any atom is 0.244 e. The van der Waals surface area contributed by atoms with E-state index in [0.717, 1.165) is 25.9 Å². The van der Waals surface area contributed by atoms with Gasteiger partial charge in [-0.3, -0.25) is 9.69 Å². The first-order chi connectivity index (χ1) is 8.42. The zero-order valence-corrected chi connectivity index (χ0v) is 11.6. The molecule has 0 saturated carbocycles. The Morgan fingerprint density at radius 3 is 2.89 bits per heavy atom. The van der Waals surface area contributed by atoms with Crippen molar-refractivity contribution < 1.29 is 4.79 Å². The number of amides is 1. The van der Waals surface area contributed by atoms with Gasteiger partial charge in [0, 0.05) is 18.2 Å². The molecule has 1 amide bonds. The molecular weight excluding hydrogens is 226 g/mol. The van der Waals surface area contributed by atoms with Crippen LogP contribution in [0.25, 0.3) is 4.85 Å². The fraction of sp³-hybridized carbons (Fsp3) is 0.714. The molecule has 0 bridgehead atoms. The highest BCUT2D eigenvalue weighted by Crippen LogP contribution is 2.16. The largest absolute Gasteiger partial charge is 0.348 e. The average molecular weight is 249 g/mol. The van der Waals surface area contributed by atoms with Crippen molar-refractivity contribution in [2.45, 2.75) is 45.2 Å². The number of likely N-dealkylation sites (tertiary alicyclic amines) is 1. The Morgan fingerprint density at radius 2 is 2.28 bits per heavy atom. The van der Waals surface area contributed by atoms with Crippen LogP contribution >= 0.6 is 0 Å². The third-order valence-corrected chi connectivity index (χ3v) is 2.91. The van der Waals surface area contributed by atoms with E-state index in [4.69, 9.17) is 6.57 Å². The lowest BCUT2D eigenvalue weighted by molar-refractivity contribution is -0.117. The van der Waals surface area contributed by atoms with E-state index in [0.29, 0.717) is 12.6 Å². The summed E-state index contributed by atoms with van der Waals surface area (Å²) in [5, 5.41) is 2.89. The zero-order valence-electron chi connectivity index (χ0n) is 11.6. The third-order valence-electron chi connectivity index (χ3n) is 2.91. The summed E-state index contributed by atoms with van der Waals surface area (Å²) in [7, 11) is 0. The molecule has 4 heteroatoms. The van der Waals surface area contributed by atoms with E-state index < -0.39 is 0 Å². The molecule has 1 unspecified atom stereocenters. The van der Waals surface area contributed by atoms with E-state index >= 15 is 0 Å². The summed E-state index contributed by atoms with van der Waals surface area (Å²) in [4.78, 5) is 17.3. The van der Waals surface area contributed by atoms with Crippen LogP contribution in [0.4, 0.5) is 0 Å². The fourth-order valence-corrected chi connectivity index (χ4v) is 2.15. The Bertz CT molecular complexity index is 349. The lowest BCUT2D eigenvalue weighted by atomic mass is 10.1. The monoisotopic (exact) mass is 249 g/mol. The highest BCUT2D eigenvalue weighted by molar-refractivity contribution is 5.87. The van der Waals surface area contributed by atoms with Crippen molar-refractivity contribution in [2.24, 2.45) is 0 Å². The van der Waals surface area contributed by atoms with Gasteiger partial charge in [-0.2, -0.15) is 0 Å². The Labute approximate surface area is 110 Å². The molecule has 0 aromatic carbocycles. The standard InChI is InChI=1S/C14H23N3O/c1-14(2,3)16-13(18)8-6-10-17-9-5-7-12(17)11-15-4/h6,8,12H,5,7,9-11H2,1-3H3,(H,16,18)/b8-6+. The van der Waals surface area contributed by atoms with Gasteiger partial charge >= 0.3 is 0 Å². The second-order valence-electron chi connectivity index (χ2n) is 5.77. The maximum absolute atomic E-state index is 11.6. The van der Waals surface area contributed by atoms with Crippen LogP contribution in [-0.4, -0.2) is 42.0 Å². The van der Waals surface area contributed by atoms with Gasteiger partial charge in [0.1, 0.15) is 0 Å². The molecule has 0 aliphatic carbocycles. The number of carbonyl (C=O) groups is 1. The lowest BCUT2D eigenvalue weighted by Gasteiger charge is -2.20. The van der Waals surface area contributed by atoms with Crippen LogP contribution in [0.5, 0.6) is 0 Å². The smallest absolute Gasteiger partial charge is 0.244 e. The lowest BCUT2D eigenvalue weighted by Crippen LogP contribution is -2.39. The van der Waals surface area contributed by atoms with Gasteiger partial charge in [0.2, 0.25) is 12.5 Å². The van der Waals surface area contributed by atoms with Crippen LogP contribution in [0.2, 0.25) is 0 Å². The minimum absolute atomic E-state index is 0.0524. The molecule has 1 aliphatic heterocycles. The van der Waals surface area contributed by atoms with E-state index in [1.165, 1.54) is 0 Å². The molecular formula is C14H23N3O. The molecule has 0 aromatic rings. The van der Waals surface area contributed by atoms with Crippen LogP contribution in [0, 0.1) is 6.57 Å². The highest BCUT2D eigenvalue weighted by Gasteiger charge is 2.25. The number of nitrogens with one attached hydrogen (secondary N) is 1. The van der Waals surface area contributed by atoms with Crippen LogP contribution in [0.15, 0.2) is 12.2 Å². The summed E-state index contributed by atoms with van der Waals surface area (Å²) in [5.41, 5.74) is -0.193. The van der Waals surface area contributed by atoms with Gasteiger partial charge in [-0.25, -0.2) is 6.57 Å². The summed E-state index contributed by atoms with van der Waals surface area (Å²) >= 11 is 0. The zero-order chi connectivity index (χ0) is 13.6. The quantitative estimate of drug-likeness (QED) is 0.610. The van der Waals surface area contributed by atoms with Crippen LogP contribution in [0.1, 0.15) is 33.6 Å². The number of hydrogen-bond acceptors (Lipinski definition) is 2. The van der Waals surface area contributed by atoms with Gasteiger partial charge in [0.05, 0.1) is 6.04 Å². The van der Waals surface area contributed by atoms with Gasteiger partial charge in [0.25, 0.3) is 0 Å². The molecule has 1 rings (SSSR count). The number of nitrogens with zero attached hydrogens (tertiary/aromatic N) is 2. The summed E-state index contributed by atoms with van der Waals surface area (Å²) in [5.74, 6) is -0.0524. The minimum Gasteiger partial charge on any atom is -0.348 e. The van der Waals surface area contributed by atoms with Crippen molar-refractivity contribution in [3.05, 3.63) is 23.6 Å². The van der Waals surface area contributed by atoms with Crippen molar-refractivity contribution in [3.63, 3.8) is 0 Å². The molecule has 18 heavy (non-hydrogen) atoms. The number of carbonyl (C=O) groups excluding carboxylic acids is 1. The molecule has 4 nitrogen and oxygen atoms in total. The van der Waals surface area contributed by atoms with Gasteiger partial charge in [0.15, 0.2) is 0 Å². The van der Waals surface area contributed by atoms with Crippen molar-refractivity contribution >= 4 is 5.91 Å². The number of rotatable bonds is 4. The molecule has 1 fully saturated rings. The normalized spacial score (nSPS) is 21.1. The first-order valence-electron chi connectivity index (χ1n) is 6.48. The van der Waals surface area contributed by atoms with Crippen molar-refractivity contribution in [1.82, 2.24) is 10.2 Å². The van der Waals surface area contributed by atoms with Crippen LogP contribution in [0.3, 0.4) is 0 Å². The maximum atomic E-state index is 11.6. The molecule has 0 radical (unpaired) electrons. The van der Waals surface area contributed by atoms with Gasteiger partial charge < -0.3 is 10.2 Å². The molecule has 1 N–H and O–H groups in total. The Kier molecular flexibility index (Phi) is 5.36. The van der Waals surface area contributed by atoms with E-state index in [2.05, 4.69) is 15.1 Å². The highest BCUT2D eigenvalue weighted by atomic mass is 16.1. The summed E-state index contributed by atoms with van der Waals surface area (Å²) < 4.78 is 0. The molecule has 1 saturated heterocycles. The average Bonchev–Trinajstić information content (AvgIpc) is 2.64. The van der Waals surface area contributed by atoms with Gasteiger partial charge in [-0.15, -0.1) is 0 Å². The van der Waals surface area contributed by atoms with Crippen molar-refractivity contribution in [2.75, 3.05) is 19.6 Å². The minimum atomic E-state index is -0.193. The molecule has 1 atom stereocenters. The van der Waals surface area contributed by atoms with Gasteiger partial charge in [-0.1, -0.05) is 6.08 Å². The topological polar surface area (TPSA) is 36.7 Å². The number of hydrogen-bond donors (Lipinski definition) is 1. The molecule has 0 aromatic heterocycles. The predicted octanol–water partition coefficient (Wildman–Crippen LogP) is 1.84. The SMILES string of the molecule is [C-]#[N+]CC1CCCN1C/C=C/C(=O)NC(C)(C)C. The van der Waals surface area contributed by atoms with E-state index in [9.17, 15) is 4.79 Å². The Balaban J connectivity index is 2.36. The molecule has 100 valence electrons. The summed E-state index contributed by atoms with van der Waals surface area (Å²) in [6.45, 7) is 15.2. The van der Waals surface area contributed by atoms with Gasteiger partial charge in [-0.05, 0) is 40.2 Å². The van der Waals surface area contributed by atoms with E-state index in [-0.39, 0.29) is 11.4 Å². The van der Waals surface area contributed by atoms with Crippen LogP contribution < -0.4 is 5.32 Å². The molecule has 1 aliphatic rings. The molecule has 1 heterocycles. The van der Waals surface area contributed by atoms with Crippen molar-refractivity contribution in [3.8, 4) is 0 Å². The first-order valence-corrected chi connectivity index (χ1v) is 6.48. The van der Waals surface area contributed by atoms with E-state index in [1.54, 1.807) is 6.08 Å². The fourth-order valence-electron chi connectivity index (χ4n) is 2.15. The Hall–Kier alpha value is -1.34. The second-order valence-corrected chi connectivity index (χ2v) is 5.77. The van der Waals surface area contributed by atoms with E-state index in [1.807, 2.05) is 26.8 Å². The first kappa shape index (κ1) is 14.7. The third kappa shape index (κ3) is 5.33. The second kappa shape index (κ2) is 6.55. The Morgan fingerprint density at radius 1 is 1.56 bits per heavy atom. The molecule has 0 spiro atoms. The summed E-state index contributed by atoms with van der Waals surface area (Å²) in [6.07, 6.45) is 5.74. The summed E-state index contributed by atoms with van der Waals surface area (Å²) in [6, 6.07) is 0.373. The predicted molar refractivity (Wildman–Crippen MR) is 73.1 cm³/mol. The van der Waals surface area contributed by atoms with Crippen LogP contribution in [-0.2, 0) is 4.79 Å².